The highest BCUT2D eigenvalue weighted by molar-refractivity contribution is 6.04. The number of Topliss-reactive ketones (excluding diaryl/α,β-unsaturated/α-hetero) is 1. The van der Waals surface area contributed by atoms with Gasteiger partial charge in [-0.3, -0.25) is 14.9 Å². The second kappa shape index (κ2) is 6.86. The predicted molar refractivity (Wildman–Crippen MR) is 105 cm³/mol. The van der Waals surface area contributed by atoms with Crippen LogP contribution in [-0.4, -0.2) is 30.6 Å². The minimum absolute atomic E-state index is 0.0536. The number of carbonyl (C=O) groups is 2. The number of rotatable bonds is 3. The molecule has 30 heavy (non-hydrogen) atoms. The molecule has 158 valence electrons. The molecule has 9 nitrogen and oxygen atoms in total. The Morgan fingerprint density at radius 2 is 1.93 bits per heavy atom. The third-order valence-electron chi connectivity index (χ3n) is 5.67. The van der Waals surface area contributed by atoms with Crippen molar-refractivity contribution in [3.63, 3.8) is 0 Å². The zero-order chi connectivity index (χ0) is 21.8. The molecule has 1 aromatic carbocycles. The Hall–Kier alpha value is -3.36. The van der Waals surface area contributed by atoms with E-state index in [1.54, 1.807) is 6.92 Å². The summed E-state index contributed by atoms with van der Waals surface area (Å²) in [5, 5.41) is 15.1. The number of hydrogen-bond acceptors (Lipinski definition) is 8. The normalized spacial score (nSPS) is 21.9. The molecule has 0 saturated heterocycles. The summed E-state index contributed by atoms with van der Waals surface area (Å²) in [6.45, 7) is 5.63. The maximum atomic E-state index is 13.2. The summed E-state index contributed by atoms with van der Waals surface area (Å²) in [6.07, 6.45) is 0.852. The molecule has 3 aliphatic rings. The molecule has 4 rings (SSSR count). The minimum atomic E-state index is -0.938. The number of nitro benzene ring substituents is 1. The van der Waals surface area contributed by atoms with E-state index in [-0.39, 0.29) is 47.0 Å². The van der Waals surface area contributed by atoms with Crippen LogP contribution in [0.15, 0.2) is 34.7 Å². The van der Waals surface area contributed by atoms with Crippen LogP contribution in [0.2, 0.25) is 0 Å². The molecule has 1 atom stereocenters. The van der Waals surface area contributed by atoms with Crippen molar-refractivity contribution in [2.45, 2.75) is 39.5 Å². The minimum Gasteiger partial charge on any atom is -0.466 e. The third kappa shape index (κ3) is 3.10. The lowest BCUT2D eigenvalue weighted by Gasteiger charge is -2.39. The number of nitro groups is 1. The fourth-order valence-corrected chi connectivity index (χ4v) is 4.46. The van der Waals surface area contributed by atoms with Crippen molar-refractivity contribution in [1.82, 2.24) is 5.32 Å². The number of esters is 1. The molecule has 0 saturated carbocycles. The fraction of sp³-hybridized carbons (Fsp3) is 0.429. The lowest BCUT2D eigenvalue weighted by Crippen LogP contribution is -2.38. The van der Waals surface area contributed by atoms with Crippen molar-refractivity contribution >= 4 is 17.4 Å². The van der Waals surface area contributed by atoms with Gasteiger partial charge in [0.2, 0.25) is 6.79 Å². The van der Waals surface area contributed by atoms with Gasteiger partial charge >= 0.3 is 5.97 Å². The number of ether oxygens (including phenoxy) is 3. The first-order valence-electron chi connectivity index (χ1n) is 9.53. The van der Waals surface area contributed by atoms with Crippen molar-refractivity contribution in [2.24, 2.45) is 5.41 Å². The summed E-state index contributed by atoms with van der Waals surface area (Å²) >= 11 is 0. The highest BCUT2D eigenvalue weighted by Gasteiger charge is 2.45. The van der Waals surface area contributed by atoms with Crippen molar-refractivity contribution in [3.8, 4) is 11.5 Å². The van der Waals surface area contributed by atoms with E-state index < -0.39 is 16.8 Å². The van der Waals surface area contributed by atoms with E-state index in [9.17, 15) is 19.7 Å². The van der Waals surface area contributed by atoms with E-state index in [0.717, 1.165) is 0 Å². The van der Waals surface area contributed by atoms with Gasteiger partial charge in [0.05, 0.1) is 29.6 Å². The van der Waals surface area contributed by atoms with Crippen LogP contribution in [0, 0.1) is 15.5 Å². The van der Waals surface area contributed by atoms with Crippen molar-refractivity contribution in [3.05, 3.63) is 50.4 Å². The van der Waals surface area contributed by atoms with E-state index in [0.29, 0.717) is 29.1 Å². The number of nitrogens with zero attached hydrogens (tertiary/aromatic N) is 1. The quantitative estimate of drug-likeness (QED) is 0.456. The number of benzene rings is 1. The molecule has 1 aromatic rings. The Morgan fingerprint density at radius 3 is 2.57 bits per heavy atom. The summed E-state index contributed by atoms with van der Waals surface area (Å²) in [6, 6.07) is 2.77. The number of ketones is 1. The van der Waals surface area contributed by atoms with Gasteiger partial charge in [0.1, 0.15) is 0 Å². The molecule has 0 radical (unpaired) electrons. The highest BCUT2D eigenvalue weighted by Crippen LogP contribution is 2.50. The maximum absolute atomic E-state index is 13.2. The molecule has 0 spiro atoms. The lowest BCUT2D eigenvalue weighted by molar-refractivity contribution is -0.385. The van der Waals surface area contributed by atoms with Crippen LogP contribution in [0.1, 0.15) is 45.1 Å². The Balaban J connectivity index is 1.99. The van der Waals surface area contributed by atoms with Crippen LogP contribution in [-0.2, 0) is 14.3 Å². The van der Waals surface area contributed by atoms with Gasteiger partial charge in [0.25, 0.3) is 5.69 Å². The average molecular weight is 414 g/mol. The van der Waals surface area contributed by atoms with Crippen LogP contribution < -0.4 is 14.8 Å². The first kappa shape index (κ1) is 19.9. The molecule has 0 bridgehead atoms. The molecule has 1 N–H and O–H groups in total. The number of nitrogens with one attached hydrogen (secondary N) is 1. The fourth-order valence-electron chi connectivity index (χ4n) is 4.46. The predicted octanol–water partition coefficient (Wildman–Crippen LogP) is 3.10. The van der Waals surface area contributed by atoms with Gasteiger partial charge in [-0.1, -0.05) is 13.8 Å². The molecule has 0 aromatic heterocycles. The van der Waals surface area contributed by atoms with E-state index in [1.807, 2.05) is 13.8 Å². The van der Waals surface area contributed by atoms with Gasteiger partial charge < -0.3 is 19.5 Å². The number of hydrogen-bond donors (Lipinski definition) is 1. The molecule has 0 fully saturated rings. The van der Waals surface area contributed by atoms with E-state index in [1.165, 1.54) is 19.2 Å². The Kier molecular flexibility index (Phi) is 4.56. The first-order valence-corrected chi connectivity index (χ1v) is 9.53. The van der Waals surface area contributed by atoms with Crippen LogP contribution >= 0.6 is 0 Å². The molecule has 2 aliphatic heterocycles. The van der Waals surface area contributed by atoms with Gasteiger partial charge in [0.15, 0.2) is 17.3 Å². The number of fused-ring (bicyclic) bond motifs is 1. The summed E-state index contributed by atoms with van der Waals surface area (Å²) in [4.78, 5) is 37.3. The molecule has 0 amide bonds. The maximum Gasteiger partial charge on any atom is 0.336 e. The molecule has 0 unspecified atom stereocenters. The molecular formula is C21H22N2O7. The summed E-state index contributed by atoms with van der Waals surface area (Å²) < 4.78 is 15.7. The summed E-state index contributed by atoms with van der Waals surface area (Å²) in [7, 11) is 1.24. The van der Waals surface area contributed by atoms with Crippen molar-refractivity contribution in [1.29, 1.82) is 0 Å². The Bertz CT molecular complexity index is 1050. The molecular weight excluding hydrogens is 392 g/mol. The third-order valence-corrected chi connectivity index (χ3v) is 5.67. The standard InChI is InChI=1S/C21H22N2O7/c1-10-17(20(25)28-4)18(19-12(22-10)7-21(2,3)8-14(19)24)11-5-15-16(30-9-29-15)6-13(11)23(26)27/h5-6,18,22H,7-9H2,1-4H3/t18-/m0/s1. The molecule has 1 aliphatic carbocycles. The SMILES string of the molecule is COC(=O)C1=C(C)NC2=C(C(=O)CC(C)(C)C2)[C@H]1c1cc2c(cc1[N+](=O)[O-])OCO2. The van der Waals surface area contributed by atoms with Gasteiger partial charge in [-0.05, 0) is 24.8 Å². The number of dihydropyridines is 1. The number of carbonyl (C=O) groups excluding carboxylic acids is 2. The summed E-state index contributed by atoms with van der Waals surface area (Å²) in [5.74, 6) is -1.15. The highest BCUT2D eigenvalue weighted by atomic mass is 16.7. The second-order valence-corrected chi connectivity index (χ2v) is 8.44. The summed E-state index contributed by atoms with van der Waals surface area (Å²) in [5.41, 5.74) is 1.41. The van der Waals surface area contributed by atoms with Crippen LogP contribution in [0.25, 0.3) is 0 Å². The second-order valence-electron chi connectivity index (χ2n) is 8.44. The van der Waals surface area contributed by atoms with E-state index >= 15 is 0 Å². The number of allylic oxidation sites excluding steroid dienone is 3. The topological polar surface area (TPSA) is 117 Å². The van der Waals surface area contributed by atoms with Crippen LogP contribution in [0.3, 0.4) is 0 Å². The van der Waals surface area contributed by atoms with E-state index in [2.05, 4.69) is 5.32 Å². The monoisotopic (exact) mass is 414 g/mol. The Labute approximate surface area is 172 Å². The first-order chi connectivity index (χ1) is 14.1. The largest absolute Gasteiger partial charge is 0.466 e. The van der Waals surface area contributed by atoms with E-state index in [4.69, 9.17) is 14.2 Å². The van der Waals surface area contributed by atoms with Gasteiger partial charge in [-0.2, -0.15) is 0 Å². The van der Waals surface area contributed by atoms with Gasteiger partial charge in [0, 0.05) is 29.0 Å². The van der Waals surface area contributed by atoms with Crippen molar-refractivity contribution in [2.75, 3.05) is 13.9 Å². The average Bonchev–Trinajstić information content (AvgIpc) is 3.11. The van der Waals surface area contributed by atoms with Gasteiger partial charge in [-0.25, -0.2) is 4.79 Å². The molecule has 2 heterocycles. The smallest absolute Gasteiger partial charge is 0.336 e. The van der Waals surface area contributed by atoms with Crippen LogP contribution in [0.4, 0.5) is 5.69 Å². The van der Waals surface area contributed by atoms with Crippen LogP contribution in [0.5, 0.6) is 11.5 Å². The molecule has 9 heteroatoms. The lowest BCUT2D eigenvalue weighted by atomic mass is 9.68. The van der Waals surface area contributed by atoms with Gasteiger partial charge in [-0.15, -0.1) is 0 Å². The number of methoxy groups -OCH3 is 1. The zero-order valence-electron chi connectivity index (χ0n) is 17.2. The Morgan fingerprint density at radius 1 is 1.27 bits per heavy atom. The zero-order valence-corrected chi connectivity index (χ0v) is 17.2. The van der Waals surface area contributed by atoms with Crippen molar-refractivity contribution < 1.29 is 28.7 Å².